The van der Waals surface area contributed by atoms with Gasteiger partial charge in [0.2, 0.25) is 0 Å². The Bertz CT molecular complexity index is 502. The van der Waals surface area contributed by atoms with E-state index in [4.69, 9.17) is 0 Å². The summed E-state index contributed by atoms with van der Waals surface area (Å²) in [7, 11) is 0. The molecular formula is C14H18N2O2S. The second-order valence-electron chi connectivity index (χ2n) is 5.07. The summed E-state index contributed by atoms with van der Waals surface area (Å²) in [6.07, 6.45) is 0. The lowest BCUT2D eigenvalue weighted by atomic mass is 10.2. The minimum Gasteiger partial charge on any atom is -0.365 e. The number of benzene rings is 1. The Labute approximate surface area is 117 Å². The molecule has 5 heteroatoms. The molecule has 1 heterocycles. The minimum absolute atomic E-state index is 0.146. The van der Waals surface area contributed by atoms with Crippen molar-refractivity contribution in [2.24, 2.45) is 5.92 Å². The van der Waals surface area contributed by atoms with Crippen molar-refractivity contribution in [2.75, 3.05) is 11.9 Å². The molecule has 0 radical (unpaired) electrons. The number of nitrogens with zero attached hydrogens (tertiary/aromatic N) is 1. The maximum Gasteiger partial charge on any atom is 0.290 e. The van der Waals surface area contributed by atoms with Gasteiger partial charge in [0.15, 0.2) is 5.37 Å². The minimum atomic E-state index is -0.507. The summed E-state index contributed by atoms with van der Waals surface area (Å²) in [5.41, 5.74) is 1.96. The van der Waals surface area contributed by atoms with Crippen molar-refractivity contribution in [3.63, 3.8) is 0 Å². The zero-order chi connectivity index (χ0) is 14.0. The van der Waals surface area contributed by atoms with Crippen molar-refractivity contribution in [3.05, 3.63) is 29.8 Å². The highest BCUT2D eigenvalue weighted by Crippen LogP contribution is 2.29. The molecule has 4 nitrogen and oxygen atoms in total. The van der Waals surface area contributed by atoms with Crippen LogP contribution >= 0.6 is 11.8 Å². The third kappa shape index (κ3) is 3.10. The standard InChI is InChI=1S/C14H18N2O2S/c1-9(2)8-16-13(17)12(19-14(16)18)15-11-7-5-4-6-10(11)3/h4-7,9,12,15H,8H2,1-3H3. The van der Waals surface area contributed by atoms with Gasteiger partial charge < -0.3 is 5.32 Å². The highest BCUT2D eigenvalue weighted by atomic mass is 32.2. The van der Waals surface area contributed by atoms with Crippen molar-refractivity contribution in [3.8, 4) is 0 Å². The number of amides is 2. The molecule has 1 aliphatic heterocycles. The molecule has 2 rings (SSSR count). The molecule has 1 aliphatic rings. The van der Waals surface area contributed by atoms with E-state index in [0.717, 1.165) is 23.0 Å². The van der Waals surface area contributed by atoms with Crippen LogP contribution in [0.15, 0.2) is 24.3 Å². The number of hydrogen-bond donors (Lipinski definition) is 1. The van der Waals surface area contributed by atoms with E-state index >= 15 is 0 Å². The van der Waals surface area contributed by atoms with Crippen molar-refractivity contribution in [1.29, 1.82) is 0 Å². The Kier molecular flexibility index (Phi) is 4.14. The first-order valence-corrected chi connectivity index (χ1v) is 7.21. The second kappa shape index (κ2) is 5.65. The smallest absolute Gasteiger partial charge is 0.290 e. The molecule has 1 unspecified atom stereocenters. The van der Waals surface area contributed by atoms with Crippen LogP contribution in [0.5, 0.6) is 0 Å². The maximum atomic E-state index is 12.2. The predicted molar refractivity (Wildman–Crippen MR) is 78.1 cm³/mol. The highest BCUT2D eigenvalue weighted by Gasteiger charge is 2.39. The predicted octanol–water partition coefficient (Wildman–Crippen LogP) is 3.08. The van der Waals surface area contributed by atoms with E-state index in [-0.39, 0.29) is 17.1 Å². The first kappa shape index (κ1) is 13.9. The Morgan fingerprint density at radius 2 is 2.00 bits per heavy atom. The van der Waals surface area contributed by atoms with Gasteiger partial charge in [-0.15, -0.1) is 0 Å². The molecule has 0 saturated carbocycles. The quantitative estimate of drug-likeness (QED) is 0.919. The summed E-state index contributed by atoms with van der Waals surface area (Å²) in [6, 6.07) is 7.74. The summed E-state index contributed by atoms with van der Waals surface area (Å²) < 4.78 is 0. The molecule has 1 N–H and O–H groups in total. The van der Waals surface area contributed by atoms with Gasteiger partial charge in [0.25, 0.3) is 11.1 Å². The molecule has 1 atom stereocenters. The van der Waals surface area contributed by atoms with E-state index in [1.54, 1.807) is 0 Å². The average Bonchev–Trinajstić information content (AvgIpc) is 2.60. The van der Waals surface area contributed by atoms with Crippen LogP contribution < -0.4 is 5.32 Å². The third-order valence-corrected chi connectivity index (χ3v) is 3.89. The van der Waals surface area contributed by atoms with E-state index in [0.29, 0.717) is 6.54 Å². The fraction of sp³-hybridized carbons (Fsp3) is 0.429. The molecule has 19 heavy (non-hydrogen) atoms. The number of aryl methyl sites for hydroxylation is 1. The fourth-order valence-electron chi connectivity index (χ4n) is 1.94. The first-order chi connectivity index (χ1) is 8.99. The van der Waals surface area contributed by atoms with Crippen LogP contribution in [0.4, 0.5) is 10.5 Å². The van der Waals surface area contributed by atoms with Gasteiger partial charge in [-0.3, -0.25) is 14.5 Å². The molecule has 0 aromatic heterocycles. The van der Waals surface area contributed by atoms with Crippen LogP contribution in [-0.2, 0) is 4.79 Å². The largest absolute Gasteiger partial charge is 0.365 e. The third-order valence-electron chi connectivity index (χ3n) is 2.91. The lowest BCUT2D eigenvalue weighted by molar-refractivity contribution is -0.126. The molecule has 2 amide bonds. The SMILES string of the molecule is Cc1ccccc1NC1SC(=O)N(CC(C)C)C1=O. The van der Waals surface area contributed by atoms with Crippen LogP contribution in [0.25, 0.3) is 0 Å². The van der Waals surface area contributed by atoms with Crippen molar-refractivity contribution in [2.45, 2.75) is 26.1 Å². The number of rotatable bonds is 4. The fourth-order valence-corrected chi connectivity index (χ4v) is 2.85. The zero-order valence-corrected chi connectivity index (χ0v) is 12.2. The molecule has 1 fully saturated rings. The van der Waals surface area contributed by atoms with Gasteiger partial charge in [-0.1, -0.05) is 32.0 Å². The molecule has 1 aromatic rings. The molecule has 0 aliphatic carbocycles. The number of carbonyl (C=O) groups excluding carboxylic acids is 2. The maximum absolute atomic E-state index is 12.2. The van der Waals surface area contributed by atoms with E-state index in [9.17, 15) is 9.59 Å². The zero-order valence-electron chi connectivity index (χ0n) is 11.3. The van der Waals surface area contributed by atoms with Crippen molar-refractivity contribution >= 4 is 28.6 Å². The number of thioether (sulfide) groups is 1. The Morgan fingerprint density at radius 3 is 2.63 bits per heavy atom. The molecule has 102 valence electrons. The van der Waals surface area contributed by atoms with Gasteiger partial charge in [0.1, 0.15) is 0 Å². The first-order valence-electron chi connectivity index (χ1n) is 6.33. The van der Waals surface area contributed by atoms with Crippen LogP contribution in [0.3, 0.4) is 0 Å². The summed E-state index contributed by atoms with van der Waals surface area (Å²) >= 11 is 1.05. The van der Waals surface area contributed by atoms with E-state index in [2.05, 4.69) is 5.32 Å². The van der Waals surface area contributed by atoms with E-state index in [1.165, 1.54) is 4.90 Å². The summed E-state index contributed by atoms with van der Waals surface area (Å²) in [4.78, 5) is 25.4. The van der Waals surface area contributed by atoms with Crippen LogP contribution in [-0.4, -0.2) is 28.0 Å². The number of carbonyl (C=O) groups is 2. The van der Waals surface area contributed by atoms with Crippen molar-refractivity contribution < 1.29 is 9.59 Å². The van der Waals surface area contributed by atoms with E-state index < -0.39 is 5.37 Å². The number of imide groups is 1. The molecule has 0 bridgehead atoms. The normalized spacial score (nSPS) is 19.4. The monoisotopic (exact) mass is 278 g/mol. The van der Waals surface area contributed by atoms with Gasteiger partial charge in [-0.05, 0) is 36.2 Å². The summed E-state index contributed by atoms with van der Waals surface area (Å²) in [5.74, 6) is 0.137. The van der Waals surface area contributed by atoms with Crippen LogP contribution in [0.1, 0.15) is 19.4 Å². The van der Waals surface area contributed by atoms with Gasteiger partial charge >= 0.3 is 0 Å². The number of nitrogens with one attached hydrogen (secondary N) is 1. The van der Waals surface area contributed by atoms with E-state index in [1.807, 2.05) is 45.0 Å². The van der Waals surface area contributed by atoms with Gasteiger partial charge in [-0.2, -0.15) is 0 Å². The van der Waals surface area contributed by atoms with Gasteiger partial charge in [-0.25, -0.2) is 0 Å². The number of hydrogen-bond acceptors (Lipinski definition) is 4. The Balaban J connectivity index is 2.09. The number of anilines is 1. The molecule has 0 spiro atoms. The Hall–Kier alpha value is -1.49. The molecular weight excluding hydrogens is 260 g/mol. The molecule has 1 aromatic carbocycles. The second-order valence-corrected chi connectivity index (χ2v) is 6.12. The summed E-state index contributed by atoms with van der Waals surface area (Å²) in [5, 5.41) is 2.47. The average molecular weight is 278 g/mol. The highest BCUT2D eigenvalue weighted by molar-refractivity contribution is 8.15. The Morgan fingerprint density at radius 1 is 1.32 bits per heavy atom. The van der Waals surface area contributed by atoms with Crippen LogP contribution in [0, 0.1) is 12.8 Å². The number of para-hydroxylation sites is 1. The van der Waals surface area contributed by atoms with Crippen LogP contribution in [0.2, 0.25) is 0 Å². The molecule has 1 saturated heterocycles. The lowest BCUT2D eigenvalue weighted by Crippen LogP contribution is -2.36. The lowest BCUT2D eigenvalue weighted by Gasteiger charge is -2.17. The van der Waals surface area contributed by atoms with Gasteiger partial charge in [0.05, 0.1) is 0 Å². The van der Waals surface area contributed by atoms with Gasteiger partial charge in [0, 0.05) is 12.2 Å². The topological polar surface area (TPSA) is 49.4 Å². The van der Waals surface area contributed by atoms with Crippen molar-refractivity contribution in [1.82, 2.24) is 4.90 Å². The summed E-state index contributed by atoms with van der Waals surface area (Å²) in [6.45, 7) is 6.44.